The van der Waals surface area contributed by atoms with Crippen molar-refractivity contribution in [1.82, 2.24) is 0 Å². The van der Waals surface area contributed by atoms with Crippen LogP contribution in [0.5, 0.6) is 5.75 Å². The number of ether oxygens (including phenoxy) is 1. The molecule has 1 aliphatic rings. The van der Waals surface area contributed by atoms with E-state index in [4.69, 9.17) is 4.74 Å². The second-order valence-corrected chi connectivity index (χ2v) is 6.34. The van der Waals surface area contributed by atoms with Gasteiger partial charge >= 0.3 is 5.69 Å². The van der Waals surface area contributed by atoms with Gasteiger partial charge in [-0.25, -0.2) is 0 Å². The van der Waals surface area contributed by atoms with Gasteiger partial charge in [0, 0.05) is 46.2 Å². The lowest BCUT2D eigenvalue weighted by molar-refractivity contribution is -0.385. The standard InChI is InChI=1S/C13H18N2O4S/c1-2-19-13-9-11(3-4-12(13)15(16)17)14-10-5-7-20(18)8-6-10/h3-4,9-10,14H,2,5-8H2,1H3. The Morgan fingerprint density at radius 3 is 2.75 bits per heavy atom. The van der Waals surface area contributed by atoms with Crippen molar-refractivity contribution in [2.24, 2.45) is 0 Å². The van der Waals surface area contributed by atoms with Gasteiger partial charge < -0.3 is 10.1 Å². The van der Waals surface area contributed by atoms with Crippen molar-refractivity contribution >= 4 is 22.2 Å². The summed E-state index contributed by atoms with van der Waals surface area (Å²) in [4.78, 5) is 10.5. The van der Waals surface area contributed by atoms with Crippen LogP contribution in [0.25, 0.3) is 0 Å². The molecule has 110 valence electrons. The lowest BCUT2D eigenvalue weighted by Gasteiger charge is -2.23. The van der Waals surface area contributed by atoms with Crippen LogP contribution in [-0.4, -0.2) is 33.3 Å². The highest BCUT2D eigenvalue weighted by molar-refractivity contribution is 7.85. The fourth-order valence-electron chi connectivity index (χ4n) is 2.20. The lowest BCUT2D eigenvalue weighted by Crippen LogP contribution is -2.29. The number of benzene rings is 1. The molecule has 0 unspecified atom stereocenters. The van der Waals surface area contributed by atoms with Gasteiger partial charge in [-0.15, -0.1) is 0 Å². The van der Waals surface area contributed by atoms with Gasteiger partial charge in [0.15, 0.2) is 5.75 Å². The molecule has 1 aromatic carbocycles. The molecular weight excluding hydrogens is 280 g/mol. The fraction of sp³-hybridized carbons (Fsp3) is 0.538. The van der Waals surface area contributed by atoms with Crippen LogP contribution in [0.15, 0.2) is 18.2 Å². The maximum Gasteiger partial charge on any atom is 0.311 e. The number of nitrogens with one attached hydrogen (secondary N) is 1. The number of nitrogens with zero attached hydrogens (tertiary/aromatic N) is 1. The fourth-order valence-corrected chi connectivity index (χ4v) is 3.50. The number of hydrogen-bond donors (Lipinski definition) is 1. The van der Waals surface area contributed by atoms with E-state index in [-0.39, 0.29) is 17.5 Å². The molecule has 0 saturated carbocycles. The molecule has 0 atom stereocenters. The zero-order valence-corrected chi connectivity index (χ0v) is 12.1. The first-order valence-corrected chi connectivity index (χ1v) is 8.11. The number of anilines is 1. The van der Waals surface area contributed by atoms with Gasteiger partial charge in [-0.3, -0.25) is 14.3 Å². The highest BCUT2D eigenvalue weighted by atomic mass is 32.2. The molecule has 1 fully saturated rings. The predicted molar refractivity (Wildman–Crippen MR) is 78.8 cm³/mol. The molecule has 0 aliphatic carbocycles. The van der Waals surface area contributed by atoms with E-state index >= 15 is 0 Å². The number of nitro benzene ring substituents is 1. The number of nitro groups is 1. The third-order valence-electron chi connectivity index (χ3n) is 3.22. The highest BCUT2D eigenvalue weighted by Gasteiger charge is 2.20. The van der Waals surface area contributed by atoms with Crippen molar-refractivity contribution < 1.29 is 13.9 Å². The molecule has 1 aliphatic heterocycles. The van der Waals surface area contributed by atoms with Crippen molar-refractivity contribution in [3.05, 3.63) is 28.3 Å². The van der Waals surface area contributed by atoms with Gasteiger partial charge in [0.1, 0.15) is 0 Å². The first-order valence-electron chi connectivity index (χ1n) is 6.63. The van der Waals surface area contributed by atoms with Crippen LogP contribution in [-0.2, 0) is 10.8 Å². The molecular formula is C13H18N2O4S. The van der Waals surface area contributed by atoms with Crippen LogP contribution >= 0.6 is 0 Å². The third kappa shape index (κ3) is 3.69. The normalized spacial score (nSPS) is 22.2. The second kappa shape index (κ2) is 6.69. The van der Waals surface area contributed by atoms with E-state index in [1.807, 2.05) is 0 Å². The Morgan fingerprint density at radius 1 is 1.45 bits per heavy atom. The van der Waals surface area contributed by atoms with E-state index in [2.05, 4.69) is 5.32 Å². The average Bonchev–Trinajstić information content (AvgIpc) is 2.42. The zero-order chi connectivity index (χ0) is 14.5. The van der Waals surface area contributed by atoms with Crippen LogP contribution in [0.2, 0.25) is 0 Å². The summed E-state index contributed by atoms with van der Waals surface area (Å²) in [6, 6.07) is 5.07. The molecule has 7 heteroatoms. The Labute approximate surface area is 120 Å². The van der Waals surface area contributed by atoms with Gasteiger partial charge in [0.25, 0.3) is 0 Å². The maximum atomic E-state index is 11.3. The van der Waals surface area contributed by atoms with E-state index < -0.39 is 15.7 Å². The molecule has 1 aromatic rings. The molecule has 0 aromatic heterocycles. The summed E-state index contributed by atoms with van der Waals surface area (Å²) in [7, 11) is -0.690. The molecule has 1 heterocycles. The zero-order valence-electron chi connectivity index (χ0n) is 11.3. The molecule has 20 heavy (non-hydrogen) atoms. The third-order valence-corrected chi connectivity index (χ3v) is 4.60. The summed E-state index contributed by atoms with van der Waals surface area (Å²) in [6.07, 6.45) is 1.71. The summed E-state index contributed by atoms with van der Waals surface area (Å²) in [6.45, 7) is 2.17. The molecule has 1 N–H and O–H groups in total. The first kappa shape index (κ1) is 14.8. The quantitative estimate of drug-likeness (QED) is 0.666. The molecule has 0 radical (unpaired) electrons. The van der Waals surface area contributed by atoms with E-state index in [9.17, 15) is 14.3 Å². The lowest BCUT2D eigenvalue weighted by atomic mass is 10.1. The van der Waals surface area contributed by atoms with E-state index in [1.54, 1.807) is 19.1 Å². The molecule has 1 saturated heterocycles. The summed E-state index contributed by atoms with van der Waals surface area (Å²) < 4.78 is 16.6. The summed E-state index contributed by atoms with van der Waals surface area (Å²) in [5.74, 6) is 1.70. The highest BCUT2D eigenvalue weighted by Crippen LogP contribution is 2.31. The minimum Gasteiger partial charge on any atom is -0.487 e. The minimum absolute atomic E-state index is 0.0258. The Kier molecular flexibility index (Phi) is 4.94. The van der Waals surface area contributed by atoms with Crippen LogP contribution in [0.1, 0.15) is 19.8 Å². The number of hydrogen-bond acceptors (Lipinski definition) is 5. The topological polar surface area (TPSA) is 81.5 Å². The van der Waals surface area contributed by atoms with Gasteiger partial charge in [0.2, 0.25) is 0 Å². The van der Waals surface area contributed by atoms with Gasteiger partial charge in [-0.2, -0.15) is 0 Å². The van der Waals surface area contributed by atoms with Gasteiger partial charge in [0.05, 0.1) is 11.5 Å². The molecule has 0 spiro atoms. The molecule has 0 amide bonds. The molecule has 2 rings (SSSR count). The van der Waals surface area contributed by atoms with Crippen LogP contribution < -0.4 is 10.1 Å². The largest absolute Gasteiger partial charge is 0.487 e. The maximum absolute atomic E-state index is 11.3. The van der Waals surface area contributed by atoms with Crippen LogP contribution in [0.3, 0.4) is 0 Å². The van der Waals surface area contributed by atoms with E-state index in [0.29, 0.717) is 18.1 Å². The second-order valence-electron chi connectivity index (χ2n) is 4.64. The summed E-state index contributed by atoms with van der Waals surface area (Å²) in [5, 5.41) is 14.2. The smallest absolute Gasteiger partial charge is 0.311 e. The average molecular weight is 298 g/mol. The van der Waals surface area contributed by atoms with Crippen LogP contribution in [0, 0.1) is 10.1 Å². The van der Waals surface area contributed by atoms with Crippen molar-refractivity contribution in [2.45, 2.75) is 25.8 Å². The Hall–Kier alpha value is -1.63. The van der Waals surface area contributed by atoms with Gasteiger partial charge in [-0.05, 0) is 25.8 Å². The van der Waals surface area contributed by atoms with Crippen molar-refractivity contribution in [3.8, 4) is 5.75 Å². The SMILES string of the molecule is CCOc1cc(NC2CCS(=O)CC2)ccc1[N+](=O)[O-]. The Bertz CT molecular complexity index is 511. The van der Waals surface area contributed by atoms with Crippen molar-refractivity contribution in [1.29, 1.82) is 0 Å². The first-order chi connectivity index (χ1) is 9.60. The summed E-state index contributed by atoms with van der Waals surface area (Å²) >= 11 is 0. The minimum atomic E-state index is -0.690. The van der Waals surface area contributed by atoms with E-state index in [1.165, 1.54) is 6.07 Å². The monoisotopic (exact) mass is 298 g/mol. The number of rotatable bonds is 5. The Morgan fingerprint density at radius 2 is 2.15 bits per heavy atom. The van der Waals surface area contributed by atoms with Crippen molar-refractivity contribution in [2.75, 3.05) is 23.4 Å². The molecule has 6 nitrogen and oxygen atoms in total. The summed E-state index contributed by atoms with van der Waals surface area (Å²) in [5.41, 5.74) is 0.777. The predicted octanol–water partition coefficient (Wildman–Crippen LogP) is 2.32. The van der Waals surface area contributed by atoms with E-state index in [0.717, 1.165) is 18.5 Å². The van der Waals surface area contributed by atoms with Crippen molar-refractivity contribution in [3.63, 3.8) is 0 Å². The molecule has 0 bridgehead atoms. The Balaban J connectivity index is 2.10. The van der Waals surface area contributed by atoms with Crippen LogP contribution in [0.4, 0.5) is 11.4 Å². The van der Waals surface area contributed by atoms with Gasteiger partial charge in [-0.1, -0.05) is 0 Å².